The van der Waals surface area contributed by atoms with Crippen LogP contribution in [0.4, 0.5) is 0 Å². The number of aliphatic imine (C=N–C) groups is 2. The number of likely N-dealkylation sites (tertiary alicyclic amines) is 1. The Balaban J connectivity index is 2.37. The lowest BCUT2D eigenvalue weighted by molar-refractivity contribution is -0.145. The number of amides is 6. The molecule has 1 heterocycles. The molecule has 1 aromatic rings. The zero-order valence-corrected chi connectivity index (χ0v) is 38.7. The van der Waals surface area contributed by atoms with Crippen molar-refractivity contribution in [2.24, 2.45) is 44.4 Å². The van der Waals surface area contributed by atoms with Gasteiger partial charge in [0, 0.05) is 19.6 Å². The standard InChI is InChI=1S/C44H76N14O8/c1-3-5-17-30(53-36(59)29(46)27-28-15-8-7-9-16-28)37(60)55-32(20-12-24-51-43(47)48)38(61)54-31(18-6-4-2)39(62)56-33(21-13-25-52-44(49)50)41(64)58-26-14-22-35(58)40(63)57-34(42(65)66)19-10-11-23-45/h7-9,15-16,29-35H,3-6,10-14,17-27,45-46H2,1-2H3,(H,53,59)(H,54,61)(H,55,60)(H,56,62)(H,57,63)(H,65,66)(H4,47,48,51)(H4,49,50,52)/t29-,30-,31-,32-,33-,34-,35-/m1/s1. The molecule has 0 aliphatic carbocycles. The summed E-state index contributed by atoms with van der Waals surface area (Å²) in [6.07, 6.45) is 5.70. The largest absolute Gasteiger partial charge is 0.480 e. The Kier molecular flexibility index (Phi) is 26.3. The first-order valence-electron chi connectivity index (χ1n) is 23.2. The molecule has 66 heavy (non-hydrogen) atoms. The number of hydrogen-bond donors (Lipinski definition) is 12. The third kappa shape index (κ3) is 20.9. The number of nitrogens with zero attached hydrogens (tertiary/aromatic N) is 3. The van der Waals surface area contributed by atoms with Gasteiger partial charge in [-0.2, -0.15) is 0 Å². The second-order valence-corrected chi connectivity index (χ2v) is 16.6. The van der Waals surface area contributed by atoms with E-state index in [1.165, 1.54) is 4.90 Å². The number of carboxylic acid groups (broad SMARTS) is 1. The summed E-state index contributed by atoms with van der Waals surface area (Å²) in [5.41, 5.74) is 34.7. The SMILES string of the molecule is CCCC[C@@H](NC(=O)[C@H](N)Cc1ccccc1)C(=O)N[C@H](CCCN=C(N)N)C(=O)N[C@H](CCCC)C(=O)N[C@H](CCCN=C(N)N)C(=O)N1CCC[C@@H]1C(=O)N[C@H](CCCCN)C(=O)O. The minimum atomic E-state index is -1.21. The second-order valence-electron chi connectivity index (χ2n) is 16.6. The van der Waals surface area contributed by atoms with Crippen molar-refractivity contribution in [3.8, 4) is 0 Å². The highest BCUT2D eigenvalue weighted by atomic mass is 16.4. The Morgan fingerprint density at radius 3 is 1.61 bits per heavy atom. The van der Waals surface area contributed by atoms with Gasteiger partial charge in [-0.05, 0) is 89.2 Å². The van der Waals surface area contributed by atoms with Crippen LogP contribution in [-0.4, -0.2) is 132 Å². The van der Waals surface area contributed by atoms with Crippen molar-refractivity contribution in [3.05, 3.63) is 35.9 Å². The van der Waals surface area contributed by atoms with Crippen molar-refractivity contribution >= 4 is 53.3 Å². The van der Waals surface area contributed by atoms with Gasteiger partial charge in [-0.3, -0.25) is 38.8 Å². The Morgan fingerprint density at radius 2 is 1.12 bits per heavy atom. The van der Waals surface area contributed by atoms with Gasteiger partial charge in [-0.1, -0.05) is 69.9 Å². The van der Waals surface area contributed by atoms with Gasteiger partial charge in [0.1, 0.15) is 36.3 Å². The van der Waals surface area contributed by atoms with Gasteiger partial charge < -0.3 is 71.0 Å². The summed E-state index contributed by atoms with van der Waals surface area (Å²) in [5, 5.41) is 23.5. The molecule has 1 saturated heterocycles. The van der Waals surface area contributed by atoms with E-state index in [1.807, 2.05) is 44.2 Å². The van der Waals surface area contributed by atoms with Crippen molar-refractivity contribution in [3.63, 3.8) is 0 Å². The minimum Gasteiger partial charge on any atom is -0.480 e. The number of carboxylic acids is 1. The zero-order valence-electron chi connectivity index (χ0n) is 38.7. The molecule has 18 N–H and O–H groups in total. The molecule has 0 bridgehead atoms. The third-order valence-corrected chi connectivity index (χ3v) is 11.1. The van der Waals surface area contributed by atoms with Gasteiger partial charge in [0.15, 0.2) is 11.9 Å². The zero-order chi connectivity index (χ0) is 49.0. The summed E-state index contributed by atoms with van der Waals surface area (Å²) in [6.45, 7) is 4.65. The van der Waals surface area contributed by atoms with E-state index >= 15 is 0 Å². The summed E-state index contributed by atoms with van der Waals surface area (Å²) >= 11 is 0. The summed E-state index contributed by atoms with van der Waals surface area (Å²) < 4.78 is 0. The molecule has 0 aromatic heterocycles. The summed E-state index contributed by atoms with van der Waals surface area (Å²) in [6, 6.07) is 1.51. The Morgan fingerprint density at radius 1 is 0.652 bits per heavy atom. The molecule has 1 aliphatic rings. The number of nitrogens with one attached hydrogen (secondary N) is 5. The first kappa shape index (κ1) is 56.1. The van der Waals surface area contributed by atoms with Crippen LogP contribution >= 0.6 is 0 Å². The first-order chi connectivity index (χ1) is 31.5. The maximum atomic E-state index is 14.3. The van der Waals surface area contributed by atoms with Crippen LogP contribution in [0.2, 0.25) is 0 Å². The molecule has 1 aromatic carbocycles. The Bertz CT molecular complexity index is 1760. The third-order valence-electron chi connectivity index (χ3n) is 11.1. The van der Waals surface area contributed by atoms with E-state index in [0.717, 1.165) is 12.0 Å². The molecule has 22 heteroatoms. The van der Waals surface area contributed by atoms with Gasteiger partial charge >= 0.3 is 5.97 Å². The smallest absolute Gasteiger partial charge is 0.326 e. The highest BCUT2D eigenvalue weighted by Crippen LogP contribution is 2.21. The number of benzene rings is 1. The number of hydrogen-bond acceptors (Lipinski definition) is 11. The fourth-order valence-corrected chi connectivity index (χ4v) is 7.47. The molecule has 1 fully saturated rings. The summed E-state index contributed by atoms with van der Waals surface area (Å²) in [4.78, 5) is 105. The maximum Gasteiger partial charge on any atom is 0.326 e. The van der Waals surface area contributed by atoms with Crippen LogP contribution in [-0.2, 0) is 40.0 Å². The van der Waals surface area contributed by atoms with Crippen LogP contribution in [0, 0.1) is 0 Å². The van der Waals surface area contributed by atoms with Crippen molar-refractivity contribution in [1.29, 1.82) is 0 Å². The number of carbonyl (C=O) groups is 7. The summed E-state index contributed by atoms with van der Waals surface area (Å²) in [5.74, 6) is -5.27. The first-order valence-corrected chi connectivity index (χ1v) is 23.2. The molecule has 6 amide bonds. The minimum absolute atomic E-state index is 0.0541. The highest BCUT2D eigenvalue weighted by Gasteiger charge is 2.39. The number of nitrogens with two attached hydrogens (primary N) is 6. The fourth-order valence-electron chi connectivity index (χ4n) is 7.47. The van der Waals surface area contributed by atoms with Crippen LogP contribution in [0.1, 0.15) is 116 Å². The van der Waals surface area contributed by atoms with Crippen LogP contribution in [0.25, 0.3) is 0 Å². The van der Waals surface area contributed by atoms with E-state index in [2.05, 4.69) is 36.6 Å². The summed E-state index contributed by atoms with van der Waals surface area (Å²) in [7, 11) is 0. The average molecular weight is 929 g/mol. The normalized spacial score (nSPS) is 16.0. The molecule has 1 aliphatic heterocycles. The molecule has 7 atom stereocenters. The van der Waals surface area contributed by atoms with E-state index in [4.69, 9.17) is 34.4 Å². The van der Waals surface area contributed by atoms with Crippen LogP contribution in [0.5, 0.6) is 0 Å². The van der Waals surface area contributed by atoms with Gasteiger partial charge in [-0.15, -0.1) is 0 Å². The molecule has 0 saturated carbocycles. The quantitative estimate of drug-likeness (QED) is 0.0227. The number of rotatable bonds is 32. The fraction of sp³-hybridized carbons (Fsp3) is 0.659. The van der Waals surface area contributed by atoms with E-state index in [9.17, 15) is 38.7 Å². The predicted molar refractivity (Wildman–Crippen MR) is 252 cm³/mol. The van der Waals surface area contributed by atoms with Gasteiger partial charge in [0.2, 0.25) is 35.4 Å². The van der Waals surface area contributed by atoms with Crippen molar-refractivity contribution in [1.82, 2.24) is 31.5 Å². The highest BCUT2D eigenvalue weighted by molar-refractivity contribution is 5.97. The second kappa shape index (κ2) is 31.0. The van der Waals surface area contributed by atoms with E-state index < -0.39 is 83.7 Å². The molecule has 370 valence electrons. The maximum absolute atomic E-state index is 14.3. The van der Waals surface area contributed by atoms with Crippen LogP contribution in [0.15, 0.2) is 40.3 Å². The predicted octanol–water partition coefficient (Wildman–Crippen LogP) is -1.33. The number of unbranched alkanes of at least 4 members (excludes halogenated alkanes) is 3. The number of carbonyl (C=O) groups excluding carboxylic acids is 6. The molecule has 0 radical (unpaired) electrons. The van der Waals surface area contributed by atoms with Crippen LogP contribution < -0.4 is 61.0 Å². The van der Waals surface area contributed by atoms with Crippen molar-refractivity contribution in [2.75, 3.05) is 26.2 Å². The molecular formula is C44H76N14O8. The topological polar surface area (TPSA) is 384 Å². The molecular weight excluding hydrogens is 853 g/mol. The molecule has 22 nitrogen and oxygen atoms in total. The molecule has 2 rings (SSSR count). The average Bonchev–Trinajstić information content (AvgIpc) is 3.78. The van der Waals surface area contributed by atoms with Crippen LogP contribution in [0.3, 0.4) is 0 Å². The lowest BCUT2D eigenvalue weighted by Crippen LogP contribution is -2.59. The van der Waals surface area contributed by atoms with E-state index in [0.29, 0.717) is 45.1 Å². The lowest BCUT2D eigenvalue weighted by atomic mass is 10.0. The number of guanidine groups is 2. The number of aliphatic carboxylic acids is 1. The monoisotopic (exact) mass is 929 g/mol. The van der Waals surface area contributed by atoms with Gasteiger partial charge in [0.05, 0.1) is 6.04 Å². The van der Waals surface area contributed by atoms with E-state index in [1.54, 1.807) is 0 Å². The molecule has 0 spiro atoms. The molecule has 0 unspecified atom stereocenters. The lowest BCUT2D eigenvalue weighted by Gasteiger charge is -2.31. The Hall–Kier alpha value is -6.03. The Labute approximate surface area is 388 Å². The van der Waals surface area contributed by atoms with Gasteiger partial charge in [-0.25, -0.2) is 4.79 Å². The van der Waals surface area contributed by atoms with E-state index in [-0.39, 0.29) is 89.3 Å². The van der Waals surface area contributed by atoms with Gasteiger partial charge in [0.25, 0.3) is 0 Å². The van der Waals surface area contributed by atoms with Crippen molar-refractivity contribution in [2.45, 2.75) is 159 Å². The van der Waals surface area contributed by atoms with Crippen molar-refractivity contribution < 1.29 is 38.7 Å².